The highest BCUT2D eigenvalue weighted by atomic mass is 79.9. The summed E-state index contributed by atoms with van der Waals surface area (Å²) >= 11 is 3.28. The summed E-state index contributed by atoms with van der Waals surface area (Å²) < 4.78 is 27.9. The van der Waals surface area contributed by atoms with Gasteiger partial charge in [-0.2, -0.15) is 4.31 Å². The zero-order valence-corrected chi connectivity index (χ0v) is 17.5. The van der Waals surface area contributed by atoms with E-state index in [2.05, 4.69) is 26.2 Å². The van der Waals surface area contributed by atoms with Crippen molar-refractivity contribution in [1.82, 2.24) is 9.29 Å². The highest BCUT2D eigenvalue weighted by molar-refractivity contribution is 9.10. The first-order valence-corrected chi connectivity index (χ1v) is 11.1. The Morgan fingerprint density at radius 3 is 2.44 bits per heavy atom. The van der Waals surface area contributed by atoms with Gasteiger partial charge in [-0.3, -0.25) is 9.78 Å². The van der Waals surface area contributed by atoms with E-state index in [9.17, 15) is 13.2 Å². The number of nitrogens with one attached hydrogen (secondary N) is 1. The van der Waals surface area contributed by atoms with Crippen LogP contribution in [0, 0.1) is 0 Å². The number of hydrogen-bond donors (Lipinski definition) is 1. The number of amides is 1. The molecule has 1 aromatic heterocycles. The van der Waals surface area contributed by atoms with Crippen molar-refractivity contribution >= 4 is 37.5 Å². The van der Waals surface area contributed by atoms with Crippen molar-refractivity contribution in [2.24, 2.45) is 0 Å². The molecule has 1 N–H and O–H groups in total. The summed E-state index contributed by atoms with van der Waals surface area (Å²) in [6.45, 7) is 0. The molecule has 0 saturated heterocycles. The predicted molar refractivity (Wildman–Crippen MR) is 108 cm³/mol. The minimum Gasteiger partial charge on any atom is -0.322 e. The van der Waals surface area contributed by atoms with Gasteiger partial charge in [0.15, 0.2) is 0 Å². The van der Waals surface area contributed by atoms with Gasteiger partial charge < -0.3 is 5.32 Å². The van der Waals surface area contributed by atoms with E-state index in [1.54, 1.807) is 31.4 Å². The molecule has 0 radical (unpaired) electrons. The van der Waals surface area contributed by atoms with Crippen LogP contribution >= 0.6 is 15.9 Å². The van der Waals surface area contributed by atoms with Crippen LogP contribution in [0.3, 0.4) is 0 Å². The molecule has 144 valence electrons. The van der Waals surface area contributed by atoms with Gasteiger partial charge in [-0.1, -0.05) is 19.3 Å². The van der Waals surface area contributed by atoms with E-state index in [0.29, 0.717) is 15.7 Å². The van der Waals surface area contributed by atoms with Crippen LogP contribution in [0.4, 0.5) is 5.69 Å². The highest BCUT2D eigenvalue weighted by Gasteiger charge is 2.28. The van der Waals surface area contributed by atoms with Crippen molar-refractivity contribution in [3.8, 4) is 0 Å². The molecule has 1 aromatic carbocycles. The zero-order valence-electron chi connectivity index (χ0n) is 15.1. The Labute approximate surface area is 168 Å². The largest absolute Gasteiger partial charge is 0.322 e. The van der Waals surface area contributed by atoms with Crippen molar-refractivity contribution in [1.29, 1.82) is 0 Å². The molecule has 0 spiro atoms. The van der Waals surface area contributed by atoms with Gasteiger partial charge in [0.1, 0.15) is 0 Å². The average molecular weight is 452 g/mol. The van der Waals surface area contributed by atoms with E-state index in [1.807, 2.05) is 0 Å². The fourth-order valence-electron chi connectivity index (χ4n) is 3.26. The van der Waals surface area contributed by atoms with Gasteiger partial charge in [-0.25, -0.2) is 8.42 Å². The van der Waals surface area contributed by atoms with Crippen molar-refractivity contribution in [2.75, 3.05) is 12.4 Å². The van der Waals surface area contributed by atoms with Crippen LogP contribution in [0.15, 0.2) is 52.1 Å². The van der Waals surface area contributed by atoms with Crippen LogP contribution in [0.25, 0.3) is 0 Å². The molecule has 0 aliphatic heterocycles. The Hall–Kier alpha value is -1.77. The highest BCUT2D eigenvalue weighted by Crippen LogP contribution is 2.27. The van der Waals surface area contributed by atoms with Crippen LogP contribution < -0.4 is 5.32 Å². The van der Waals surface area contributed by atoms with Gasteiger partial charge in [0.2, 0.25) is 10.0 Å². The van der Waals surface area contributed by atoms with Gasteiger partial charge in [0, 0.05) is 35.6 Å². The number of anilines is 1. The second-order valence-corrected chi connectivity index (χ2v) is 9.60. The average Bonchev–Trinajstić information content (AvgIpc) is 2.68. The summed E-state index contributed by atoms with van der Waals surface area (Å²) in [6, 6.07) is 8.00. The van der Waals surface area contributed by atoms with Crippen molar-refractivity contribution < 1.29 is 13.2 Å². The monoisotopic (exact) mass is 451 g/mol. The van der Waals surface area contributed by atoms with Crippen molar-refractivity contribution in [3.63, 3.8) is 0 Å². The summed E-state index contributed by atoms with van der Waals surface area (Å²) in [5, 5.41) is 2.75. The van der Waals surface area contributed by atoms with Crippen molar-refractivity contribution in [2.45, 2.75) is 43.0 Å². The summed E-state index contributed by atoms with van der Waals surface area (Å²) in [5.74, 6) is -0.307. The van der Waals surface area contributed by atoms with E-state index >= 15 is 0 Å². The van der Waals surface area contributed by atoms with E-state index in [-0.39, 0.29) is 16.8 Å². The molecule has 27 heavy (non-hydrogen) atoms. The summed E-state index contributed by atoms with van der Waals surface area (Å²) in [4.78, 5) is 16.5. The molecule has 1 fully saturated rings. The number of benzene rings is 1. The fourth-order valence-corrected chi connectivity index (χ4v) is 5.04. The molecule has 3 rings (SSSR count). The molecule has 1 aliphatic carbocycles. The Morgan fingerprint density at radius 2 is 1.81 bits per heavy atom. The number of sulfonamides is 1. The lowest BCUT2D eigenvalue weighted by atomic mass is 9.96. The molecular weight excluding hydrogens is 430 g/mol. The Bertz CT molecular complexity index is 910. The van der Waals surface area contributed by atoms with Gasteiger partial charge in [-0.15, -0.1) is 0 Å². The Morgan fingerprint density at radius 1 is 1.15 bits per heavy atom. The molecule has 2 aromatic rings. The zero-order chi connectivity index (χ0) is 19.4. The lowest BCUT2D eigenvalue weighted by Crippen LogP contribution is -2.38. The number of nitrogens with zero attached hydrogens (tertiary/aromatic N) is 2. The smallest absolute Gasteiger partial charge is 0.257 e. The molecule has 1 heterocycles. The maximum absolute atomic E-state index is 12.8. The van der Waals surface area contributed by atoms with E-state index in [0.717, 1.165) is 25.7 Å². The van der Waals surface area contributed by atoms with Gasteiger partial charge in [-0.05, 0) is 59.1 Å². The number of aromatic nitrogens is 1. The van der Waals surface area contributed by atoms with Gasteiger partial charge >= 0.3 is 0 Å². The van der Waals surface area contributed by atoms with Gasteiger partial charge in [0.25, 0.3) is 5.91 Å². The summed E-state index contributed by atoms with van der Waals surface area (Å²) in [7, 11) is -1.88. The second kappa shape index (κ2) is 8.50. The number of pyridine rings is 1. The lowest BCUT2D eigenvalue weighted by Gasteiger charge is -2.30. The third-order valence-electron chi connectivity index (χ3n) is 4.85. The van der Waals surface area contributed by atoms with Crippen LogP contribution in [-0.4, -0.2) is 36.7 Å². The molecule has 1 aliphatic rings. The Kier molecular flexibility index (Phi) is 6.29. The molecule has 0 unspecified atom stereocenters. The number of carbonyl (C=O) groups is 1. The molecule has 1 saturated carbocycles. The lowest BCUT2D eigenvalue weighted by molar-refractivity contribution is 0.102. The topological polar surface area (TPSA) is 79.4 Å². The molecule has 8 heteroatoms. The summed E-state index contributed by atoms with van der Waals surface area (Å²) in [6.07, 6.45) is 8.19. The van der Waals surface area contributed by atoms with Gasteiger partial charge in [0.05, 0.1) is 10.5 Å². The van der Waals surface area contributed by atoms with Crippen LogP contribution in [0.5, 0.6) is 0 Å². The fraction of sp³-hybridized carbons (Fsp3) is 0.368. The van der Waals surface area contributed by atoms with E-state index in [4.69, 9.17) is 0 Å². The number of rotatable bonds is 5. The first-order valence-electron chi connectivity index (χ1n) is 8.88. The van der Waals surface area contributed by atoms with Crippen molar-refractivity contribution in [3.05, 3.63) is 52.8 Å². The normalized spacial score (nSPS) is 15.7. The quantitative estimate of drug-likeness (QED) is 0.743. The number of halogens is 1. The third-order valence-corrected chi connectivity index (χ3v) is 7.20. The predicted octanol–water partition coefficient (Wildman–Crippen LogP) is 4.05. The standard InChI is InChI=1S/C19H22BrN3O3S/c1-23(17-5-3-2-4-6-17)27(25,26)18-9-7-16(8-10-18)22-19(24)14-11-15(20)13-21-12-14/h7-13,17H,2-6H2,1H3,(H,22,24). The third kappa shape index (κ3) is 4.75. The molecule has 6 nitrogen and oxygen atoms in total. The minimum absolute atomic E-state index is 0.0622. The first-order chi connectivity index (χ1) is 12.9. The van der Waals surface area contributed by atoms with Crippen LogP contribution in [0.2, 0.25) is 0 Å². The molecule has 0 bridgehead atoms. The number of carbonyl (C=O) groups excluding carboxylic acids is 1. The second-order valence-electron chi connectivity index (χ2n) is 6.68. The first kappa shape index (κ1) is 20.0. The van der Waals surface area contributed by atoms with E-state index < -0.39 is 10.0 Å². The SMILES string of the molecule is CN(C1CCCCC1)S(=O)(=O)c1ccc(NC(=O)c2cncc(Br)c2)cc1. The molecule has 1 amide bonds. The maximum atomic E-state index is 12.8. The minimum atomic E-state index is -3.54. The van der Waals surface area contributed by atoms with Crippen LogP contribution in [-0.2, 0) is 10.0 Å². The van der Waals surface area contributed by atoms with E-state index in [1.165, 1.54) is 29.1 Å². The van der Waals surface area contributed by atoms with Crippen LogP contribution in [0.1, 0.15) is 42.5 Å². The maximum Gasteiger partial charge on any atom is 0.257 e. The molecule has 0 atom stereocenters. The number of hydrogen-bond acceptors (Lipinski definition) is 4. The summed E-state index contributed by atoms with van der Waals surface area (Å²) in [5.41, 5.74) is 0.942. The molecular formula is C19H22BrN3O3S. The Balaban J connectivity index is 1.71.